The van der Waals surface area contributed by atoms with E-state index >= 15 is 0 Å². The number of aliphatic carboxylic acids is 1. The van der Waals surface area contributed by atoms with Gasteiger partial charge in [-0.3, -0.25) is 9.36 Å². The van der Waals surface area contributed by atoms with Gasteiger partial charge in [-0.1, -0.05) is 0 Å². The van der Waals surface area contributed by atoms with Crippen LogP contribution in [0.25, 0.3) is 0 Å². The lowest BCUT2D eigenvalue weighted by Gasteiger charge is -1.93. The molecule has 0 atom stereocenters. The van der Waals surface area contributed by atoms with Gasteiger partial charge in [0.15, 0.2) is 0 Å². The maximum atomic E-state index is 10.7. The van der Waals surface area contributed by atoms with Gasteiger partial charge in [-0.25, -0.2) is 9.89 Å². The molecule has 0 bridgehead atoms. The fourth-order valence-electron chi connectivity index (χ4n) is 0.646. The Morgan fingerprint density at radius 1 is 1.82 bits per heavy atom. The van der Waals surface area contributed by atoms with Crippen molar-refractivity contribution in [2.24, 2.45) is 0 Å². The first-order valence-corrected chi connectivity index (χ1v) is 3.02. The van der Waals surface area contributed by atoms with Gasteiger partial charge >= 0.3 is 11.7 Å². The number of rotatable bonds is 3. The molecule has 6 nitrogen and oxygen atoms in total. The van der Waals surface area contributed by atoms with E-state index in [2.05, 4.69) is 10.2 Å². The van der Waals surface area contributed by atoms with Gasteiger partial charge in [0, 0.05) is 6.54 Å². The normalized spacial score (nSPS) is 9.82. The van der Waals surface area contributed by atoms with Crippen LogP contribution < -0.4 is 5.69 Å². The van der Waals surface area contributed by atoms with Crippen molar-refractivity contribution in [1.29, 1.82) is 0 Å². The van der Waals surface area contributed by atoms with Crippen molar-refractivity contribution in [3.8, 4) is 0 Å². The number of hydrogen-bond acceptors (Lipinski definition) is 3. The van der Waals surface area contributed by atoms with E-state index in [1.165, 1.54) is 10.9 Å². The Kier molecular flexibility index (Phi) is 2.05. The fraction of sp³-hybridized carbons (Fsp3) is 0.400. The molecule has 0 aliphatic rings. The number of aromatic nitrogens is 3. The third-order valence-corrected chi connectivity index (χ3v) is 1.18. The molecule has 11 heavy (non-hydrogen) atoms. The second-order valence-electron chi connectivity index (χ2n) is 2.00. The van der Waals surface area contributed by atoms with E-state index in [0.29, 0.717) is 0 Å². The van der Waals surface area contributed by atoms with Crippen LogP contribution in [0.5, 0.6) is 0 Å². The minimum Gasteiger partial charge on any atom is -0.481 e. The van der Waals surface area contributed by atoms with E-state index in [-0.39, 0.29) is 18.7 Å². The highest BCUT2D eigenvalue weighted by atomic mass is 16.4. The van der Waals surface area contributed by atoms with Crippen LogP contribution in [0.4, 0.5) is 0 Å². The smallest absolute Gasteiger partial charge is 0.343 e. The number of carboxylic acid groups (broad SMARTS) is 1. The van der Waals surface area contributed by atoms with Crippen LogP contribution in [0, 0.1) is 0 Å². The lowest BCUT2D eigenvalue weighted by molar-refractivity contribution is -0.137. The first kappa shape index (κ1) is 7.52. The molecule has 1 rings (SSSR count). The highest BCUT2D eigenvalue weighted by Crippen LogP contribution is 1.83. The average Bonchev–Trinajstić information content (AvgIpc) is 2.31. The summed E-state index contributed by atoms with van der Waals surface area (Å²) >= 11 is 0. The summed E-state index contributed by atoms with van der Waals surface area (Å²) in [4.78, 5) is 20.7. The molecule has 0 fully saturated rings. The van der Waals surface area contributed by atoms with Crippen LogP contribution in [0.3, 0.4) is 0 Å². The van der Waals surface area contributed by atoms with Gasteiger partial charge in [-0.05, 0) is 0 Å². The molecule has 0 aliphatic heterocycles. The van der Waals surface area contributed by atoms with Gasteiger partial charge in [-0.2, -0.15) is 5.10 Å². The van der Waals surface area contributed by atoms with Crippen molar-refractivity contribution in [3.63, 3.8) is 0 Å². The molecule has 0 saturated carbocycles. The topological polar surface area (TPSA) is 88.0 Å². The van der Waals surface area contributed by atoms with Gasteiger partial charge in [-0.15, -0.1) is 0 Å². The maximum Gasteiger partial charge on any atom is 0.343 e. The fourth-order valence-corrected chi connectivity index (χ4v) is 0.646. The molecule has 0 radical (unpaired) electrons. The Bertz CT molecular complexity index is 300. The molecule has 0 aromatic carbocycles. The van der Waals surface area contributed by atoms with Crippen LogP contribution in [-0.4, -0.2) is 25.8 Å². The largest absolute Gasteiger partial charge is 0.481 e. The lowest BCUT2D eigenvalue weighted by Crippen LogP contribution is -2.17. The number of carboxylic acids is 1. The monoisotopic (exact) mass is 157 g/mol. The molecule has 0 amide bonds. The van der Waals surface area contributed by atoms with E-state index in [4.69, 9.17) is 5.11 Å². The third-order valence-electron chi connectivity index (χ3n) is 1.18. The zero-order valence-electron chi connectivity index (χ0n) is 5.65. The Balaban J connectivity index is 2.58. The number of carbonyl (C=O) groups is 1. The maximum absolute atomic E-state index is 10.7. The summed E-state index contributed by atoms with van der Waals surface area (Å²) in [5.74, 6) is -0.932. The van der Waals surface area contributed by atoms with Crippen LogP contribution in [0.1, 0.15) is 6.42 Å². The summed E-state index contributed by atoms with van der Waals surface area (Å²) in [6.07, 6.45) is 1.20. The summed E-state index contributed by atoms with van der Waals surface area (Å²) in [6, 6.07) is 0. The predicted molar refractivity (Wildman–Crippen MR) is 35.1 cm³/mol. The van der Waals surface area contributed by atoms with E-state index in [0.717, 1.165) is 0 Å². The molecular formula is C5H7N3O3. The van der Waals surface area contributed by atoms with Gasteiger partial charge in [0.25, 0.3) is 0 Å². The van der Waals surface area contributed by atoms with Gasteiger partial charge < -0.3 is 5.11 Å². The Hall–Kier alpha value is -1.59. The number of aromatic amines is 1. The number of nitrogens with zero attached hydrogens (tertiary/aromatic N) is 2. The summed E-state index contributed by atoms with van der Waals surface area (Å²) in [6.45, 7) is 0.157. The summed E-state index contributed by atoms with van der Waals surface area (Å²) in [5, 5.41) is 13.8. The zero-order chi connectivity index (χ0) is 8.27. The number of nitrogens with one attached hydrogen (secondary N) is 1. The Morgan fingerprint density at radius 3 is 3.00 bits per heavy atom. The molecule has 1 aromatic heterocycles. The van der Waals surface area contributed by atoms with Crippen molar-refractivity contribution >= 4 is 5.97 Å². The molecule has 1 heterocycles. The van der Waals surface area contributed by atoms with Crippen molar-refractivity contribution in [2.45, 2.75) is 13.0 Å². The van der Waals surface area contributed by atoms with Crippen LogP contribution in [-0.2, 0) is 11.3 Å². The van der Waals surface area contributed by atoms with Crippen molar-refractivity contribution < 1.29 is 9.90 Å². The summed E-state index contributed by atoms with van der Waals surface area (Å²) in [7, 11) is 0. The highest BCUT2D eigenvalue weighted by Gasteiger charge is 1.99. The van der Waals surface area contributed by atoms with Crippen molar-refractivity contribution in [1.82, 2.24) is 14.8 Å². The molecule has 60 valence electrons. The number of aryl methyl sites for hydroxylation is 1. The molecular weight excluding hydrogens is 150 g/mol. The third kappa shape index (κ3) is 1.92. The van der Waals surface area contributed by atoms with Crippen LogP contribution >= 0.6 is 0 Å². The van der Waals surface area contributed by atoms with Gasteiger partial charge in [0.2, 0.25) is 0 Å². The molecule has 2 N–H and O–H groups in total. The minimum atomic E-state index is -0.932. The van der Waals surface area contributed by atoms with E-state index < -0.39 is 5.97 Å². The zero-order valence-corrected chi connectivity index (χ0v) is 5.65. The highest BCUT2D eigenvalue weighted by molar-refractivity contribution is 5.66. The number of H-pyrrole nitrogens is 1. The molecule has 0 aliphatic carbocycles. The minimum absolute atomic E-state index is 0.0700. The first-order valence-electron chi connectivity index (χ1n) is 3.02. The Morgan fingerprint density at radius 2 is 2.55 bits per heavy atom. The van der Waals surface area contributed by atoms with Crippen LogP contribution in [0.2, 0.25) is 0 Å². The first-order chi connectivity index (χ1) is 5.20. The quantitative estimate of drug-likeness (QED) is 0.591. The molecule has 0 saturated heterocycles. The molecule has 6 heteroatoms. The predicted octanol–water partition coefficient (Wildman–Crippen LogP) is -0.954. The summed E-state index contributed by atoms with van der Waals surface area (Å²) < 4.78 is 1.20. The standard InChI is InChI=1S/C5H7N3O3/c9-4(10)1-2-8-3-6-7-5(8)11/h3H,1-2H2,(H,7,11)(H,9,10). The van der Waals surface area contributed by atoms with Crippen molar-refractivity contribution in [2.75, 3.05) is 0 Å². The SMILES string of the molecule is O=C(O)CCn1cn[nH]c1=O. The van der Waals surface area contributed by atoms with Gasteiger partial charge in [0.05, 0.1) is 6.42 Å². The second kappa shape index (κ2) is 3.00. The molecule has 0 unspecified atom stereocenters. The van der Waals surface area contributed by atoms with Crippen LogP contribution in [0.15, 0.2) is 11.1 Å². The molecule has 0 spiro atoms. The van der Waals surface area contributed by atoms with E-state index in [9.17, 15) is 9.59 Å². The second-order valence-corrected chi connectivity index (χ2v) is 2.00. The van der Waals surface area contributed by atoms with E-state index in [1.807, 2.05) is 0 Å². The summed E-state index contributed by atoms with van der Waals surface area (Å²) in [5.41, 5.74) is -0.383. The lowest BCUT2D eigenvalue weighted by atomic mass is 10.4. The van der Waals surface area contributed by atoms with Gasteiger partial charge in [0.1, 0.15) is 6.33 Å². The number of hydrogen-bond donors (Lipinski definition) is 2. The average molecular weight is 157 g/mol. The molecule has 1 aromatic rings. The van der Waals surface area contributed by atoms with E-state index in [1.54, 1.807) is 0 Å². The Labute approximate surface area is 61.5 Å². The van der Waals surface area contributed by atoms with Crippen molar-refractivity contribution in [3.05, 3.63) is 16.8 Å².